The molecule has 3 nitrogen and oxygen atoms in total. The smallest absolute Gasteiger partial charge is 0.225 e. The molecule has 0 aliphatic carbocycles. The zero-order valence-corrected chi connectivity index (χ0v) is 11.8. The van der Waals surface area contributed by atoms with Crippen LogP contribution < -0.4 is 10.6 Å². The quantitative estimate of drug-likeness (QED) is 0.911. The van der Waals surface area contributed by atoms with Crippen LogP contribution in [0.3, 0.4) is 0 Å². The van der Waals surface area contributed by atoms with Gasteiger partial charge in [-0.3, -0.25) is 4.79 Å². The zero-order chi connectivity index (χ0) is 13.0. The molecule has 0 fully saturated rings. The SMILES string of the molecule is CNCCC(=O)Nc1ccc(Br)c2ccccc12. The average Bonchev–Trinajstić information content (AvgIpc) is 2.40. The van der Waals surface area contributed by atoms with Crippen molar-refractivity contribution in [3.05, 3.63) is 40.9 Å². The molecule has 2 aromatic rings. The number of amides is 1. The highest BCUT2D eigenvalue weighted by Crippen LogP contribution is 2.29. The van der Waals surface area contributed by atoms with E-state index in [1.807, 2.05) is 43.4 Å². The van der Waals surface area contributed by atoms with Crippen LogP contribution in [0.5, 0.6) is 0 Å². The van der Waals surface area contributed by atoms with Gasteiger partial charge in [0.25, 0.3) is 0 Å². The number of carbonyl (C=O) groups excluding carboxylic acids is 1. The van der Waals surface area contributed by atoms with Crippen LogP contribution >= 0.6 is 15.9 Å². The van der Waals surface area contributed by atoms with Crippen LogP contribution in [0.15, 0.2) is 40.9 Å². The molecule has 0 bridgehead atoms. The normalized spacial score (nSPS) is 10.6. The predicted octanol–water partition coefficient (Wildman–Crippen LogP) is 3.15. The summed E-state index contributed by atoms with van der Waals surface area (Å²) in [6.45, 7) is 0.681. The van der Waals surface area contributed by atoms with Crippen molar-refractivity contribution in [1.82, 2.24) is 5.32 Å². The summed E-state index contributed by atoms with van der Waals surface area (Å²) >= 11 is 3.52. The number of halogens is 1. The molecule has 0 heterocycles. The molecule has 0 aliphatic heterocycles. The van der Waals surface area contributed by atoms with E-state index in [9.17, 15) is 4.79 Å². The number of hydrogen-bond donors (Lipinski definition) is 2. The number of anilines is 1. The van der Waals surface area contributed by atoms with Gasteiger partial charge in [0.1, 0.15) is 0 Å². The van der Waals surface area contributed by atoms with Gasteiger partial charge in [0.2, 0.25) is 5.91 Å². The summed E-state index contributed by atoms with van der Waals surface area (Å²) in [4.78, 5) is 11.7. The Morgan fingerprint density at radius 3 is 2.61 bits per heavy atom. The third-order valence-electron chi connectivity index (χ3n) is 2.75. The number of carbonyl (C=O) groups is 1. The molecule has 0 saturated carbocycles. The molecule has 1 amide bonds. The molecule has 18 heavy (non-hydrogen) atoms. The number of rotatable bonds is 4. The van der Waals surface area contributed by atoms with Crippen molar-refractivity contribution in [3.63, 3.8) is 0 Å². The maximum absolute atomic E-state index is 11.7. The summed E-state index contributed by atoms with van der Waals surface area (Å²) < 4.78 is 1.03. The van der Waals surface area contributed by atoms with Gasteiger partial charge >= 0.3 is 0 Å². The van der Waals surface area contributed by atoms with Crippen molar-refractivity contribution in [1.29, 1.82) is 0 Å². The fourth-order valence-electron chi connectivity index (χ4n) is 1.82. The van der Waals surface area contributed by atoms with Gasteiger partial charge in [-0.2, -0.15) is 0 Å². The van der Waals surface area contributed by atoms with Crippen LogP contribution in [0.4, 0.5) is 5.69 Å². The van der Waals surface area contributed by atoms with Crippen LogP contribution in [-0.2, 0) is 4.79 Å². The Morgan fingerprint density at radius 2 is 1.89 bits per heavy atom. The minimum Gasteiger partial charge on any atom is -0.325 e. The third kappa shape index (κ3) is 2.89. The first-order valence-electron chi connectivity index (χ1n) is 5.84. The van der Waals surface area contributed by atoms with Crippen LogP contribution in [-0.4, -0.2) is 19.5 Å². The molecule has 2 rings (SSSR count). The van der Waals surface area contributed by atoms with Gasteiger partial charge in [-0.25, -0.2) is 0 Å². The lowest BCUT2D eigenvalue weighted by Crippen LogP contribution is -2.18. The average molecular weight is 307 g/mol. The van der Waals surface area contributed by atoms with Crippen molar-refractivity contribution in [2.24, 2.45) is 0 Å². The maximum Gasteiger partial charge on any atom is 0.225 e. The van der Waals surface area contributed by atoms with Gasteiger partial charge in [-0.15, -0.1) is 0 Å². The van der Waals surface area contributed by atoms with Gasteiger partial charge in [-0.05, 0) is 24.6 Å². The van der Waals surface area contributed by atoms with Crippen LogP contribution in [0.2, 0.25) is 0 Å². The van der Waals surface area contributed by atoms with Crippen molar-refractivity contribution in [2.75, 3.05) is 18.9 Å². The molecular formula is C14H15BrN2O. The molecular weight excluding hydrogens is 292 g/mol. The van der Waals surface area contributed by atoms with Crippen molar-refractivity contribution in [3.8, 4) is 0 Å². The van der Waals surface area contributed by atoms with E-state index in [4.69, 9.17) is 0 Å². The van der Waals surface area contributed by atoms with E-state index in [0.717, 1.165) is 20.9 Å². The fourth-order valence-corrected chi connectivity index (χ4v) is 2.30. The van der Waals surface area contributed by atoms with Gasteiger partial charge in [-0.1, -0.05) is 40.2 Å². The number of nitrogens with one attached hydrogen (secondary N) is 2. The van der Waals surface area contributed by atoms with Crippen molar-refractivity contribution >= 4 is 38.3 Å². The van der Waals surface area contributed by atoms with E-state index in [2.05, 4.69) is 26.6 Å². The third-order valence-corrected chi connectivity index (χ3v) is 3.44. The number of hydrogen-bond acceptors (Lipinski definition) is 2. The highest BCUT2D eigenvalue weighted by atomic mass is 79.9. The van der Waals surface area contributed by atoms with Crippen LogP contribution in [0.1, 0.15) is 6.42 Å². The first kappa shape index (κ1) is 13.1. The summed E-state index contributed by atoms with van der Waals surface area (Å²) in [5.41, 5.74) is 0.856. The van der Waals surface area contributed by atoms with Gasteiger partial charge < -0.3 is 10.6 Å². The Kier molecular flexibility index (Phi) is 4.33. The molecule has 0 atom stereocenters. The predicted molar refractivity (Wildman–Crippen MR) is 78.8 cm³/mol. The molecule has 94 valence electrons. The molecule has 2 N–H and O–H groups in total. The molecule has 0 aliphatic rings. The van der Waals surface area contributed by atoms with Crippen LogP contribution in [0.25, 0.3) is 10.8 Å². The Labute approximate surface area is 115 Å². The van der Waals surface area contributed by atoms with E-state index in [-0.39, 0.29) is 5.91 Å². The second-order valence-electron chi connectivity index (χ2n) is 4.04. The largest absolute Gasteiger partial charge is 0.325 e. The number of fused-ring (bicyclic) bond motifs is 1. The Balaban J connectivity index is 2.29. The summed E-state index contributed by atoms with van der Waals surface area (Å²) in [5, 5.41) is 8.06. The van der Waals surface area contributed by atoms with E-state index >= 15 is 0 Å². The first-order valence-corrected chi connectivity index (χ1v) is 6.63. The van der Waals surface area contributed by atoms with Crippen molar-refractivity contribution in [2.45, 2.75) is 6.42 Å². The monoisotopic (exact) mass is 306 g/mol. The topological polar surface area (TPSA) is 41.1 Å². The van der Waals surface area contributed by atoms with Gasteiger partial charge in [0.05, 0.1) is 0 Å². The lowest BCUT2D eigenvalue weighted by Gasteiger charge is -2.09. The summed E-state index contributed by atoms with van der Waals surface area (Å²) in [5.74, 6) is 0.0248. The van der Waals surface area contributed by atoms with E-state index in [0.29, 0.717) is 13.0 Å². The molecule has 0 spiro atoms. The Hall–Kier alpha value is -1.39. The maximum atomic E-state index is 11.7. The molecule has 0 saturated heterocycles. The van der Waals surface area contributed by atoms with E-state index < -0.39 is 0 Å². The van der Waals surface area contributed by atoms with Gasteiger partial charge in [0, 0.05) is 28.5 Å². The summed E-state index contributed by atoms with van der Waals surface area (Å²) in [7, 11) is 1.84. The summed E-state index contributed by atoms with van der Waals surface area (Å²) in [6.07, 6.45) is 0.473. The minimum atomic E-state index is 0.0248. The molecule has 4 heteroatoms. The minimum absolute atomic E-state index is 0.0248. The Morgan fingerprint density at radius 1 is 1.17 bits per heavy atom. The highest BCUT2D eigenvalue weighted by Gasteiger charge is 2.06. The van der Waals surface area contributed by atoms with Gasteiger partial charge in [0.15, 0.2) is 0 Å². The van der Waals surface area contributed by atoms with Crippen molar-refractivity contribution < 1.29 is 4.79 Å². The zero-order valence-electron chi connectivity index (χ0n) is 10.2. The second kappa shape index (κ2) is 5.98. The fraction of sp³-hybridized carbons (Fsp3) is 0.214. The first-order chi connectivity index (χ1) is 8.72. The molecule has 0 aromatic heterocycles. The lowest BCUT2D eigenvalue weighted by atomic mass is 10.1. The number of benzene rings is 2. The van der Waals surface area contributed by atoms with E-state index in [1.54, 1.807) is 0 Å². The van der Waals surface area contributed by atoms with Crippen LogP contribution in [0, 0.1) is 0 Å². The van der Waals surface area contributed by atoms with E-state index in [1.165, 1.54) is 0 Å². The Bertz CT molecular complexity index is 569. The summed E-state index contributed by atoms with van der Waals surface area (Å²) in [6, 6.07) is 11.9. The molecule has 0 unspecified atom stereocenters. The lowest BCUT2D eigenvalue weighted by molar-refractivity contribution is -0.116. The standard InChI is InChI=1S/C14H15BrN2O/c1-16-9-8-14(18)17-13-7-6-12(15)10-4-2-3-5-11(10)13/h2-7,16H,8-9H2,1H3,(H,17,18). The molecule has 2 aromatic carbocycles. The second-order valence-corrected chi connectivity index (χ2v) is 4.90. The highest BCUT2D eigenvalue weighted by molar-refractivity contribution is 9.10. The molecule has 0 radical (unpaired) electrons.